The van der Waals surface area contributed by atoms with Gasteiger partial charge in [0.15, 0.2) is 16.6 Å². The number of nitrogens with one attached hydrogen (secondary N) is 1. The first-order valence-corrected chi connectivity index (χ1v) is 9.27. The molecule has 0 spiro atoms. The van der Waals surface area contributed by atoms with Crippen molar-refractivity contribution < 1.29 is 23.8 Å². The van der Waals surface area contributed by atoms with Crippen LogP contribution in [0.25, 0.3) is 6.08 Å². The zero-order chi connectivity index (χ0) is 20.7. The van der Waals surface area contributed by atoms with Crippen molar-refractivity contribution in [3.8, 4) is 17.2 Å². The van der Waals surface area contributed by atoms with Crippen molar-refractivity contribution in [3.05, 3.63) is 52.6 Å². The number of nitrogens with zero attached hydrogens (tertiary/aromatic N) is 1. The highest BCUT2D eigenvalue weighted by molar-refractivity contribution is 7.80. The molecule has 0 aromatic heterocycles. The van der Waals surface area contributed by atoms with Gasteiger partial charge in [-0.2, -0.15) is 0 Å². The van der Waals surface area contributed by atoms with E-state index < -0.39 is 11.8 Å². The molecule has 0 radical (unpaired) electrons. The minimum absolute atomic E-state index is 0.0449. The van der Waals surface area contributed by atoms with Gasteiger partial charge < -0.3 is 14.2 Å². The molecule has 2 heterocycles. The van der Waals surface area contributed by atoms with Gasteiger partial charge in [-0.05, 0) is 55.4 Å². The van der Waals surface area contributed by atoms with Gasteiger partial charge in [-0.3, -0.25) is 19.8 Å². The number of methoxy groups -OCH3 is 1. The Morgan fingerprint density at radius 1 is 1.17 bits per heavy atom. The molecule has 1 fully saturated rings. The van der Waals surface area contributed by atoms with Crippen LogP contribution in [0.3, 0.4) is 0 Å². The van der Waals surface area contributed by atoms with Gasteiger partial charge in [0.05, 0.1) is 12.8 Å². The molecule has 7 nitrogen and oxygen atoms in total. The summed E-state index contributed by atoms with van der Waals surface area (Å²) in [6, 6.07) is 8.91. The van der Waals surface area contributed by atoms with Crippen LogP contribution < -0.4 is 24.4 Å². The second-order valence-corrected chi connectivity index (χ2v) is 7.01. The first-order valence-electron chi connectivity index (χ1n) is 8.86. The summed E-state index contributed by atoms with van der Waals surface area (Å²) >= 11 is 5.28. The van der Waals surface area contributed by atoms with E-state index in [1.165, 1.54) is 18.1 Å². The average molecular weight is 410 g/mol. The maximum atomic E-state index is 13.3. The summed E-state index contributed by atoms with van der Waals surface area (Å²) in [5.41, 5.74) is 3.00. The van der Waals surface area contributed by atoms with E-state index >= 15 is 0 Å². The summed E-state index contributed by atoms with van der Waals surface area (Å²) < 4.78 is 16.1. The van der Waals surface area contributed by atoms with E-state index in [2.05, 4.69) is 5.32 Å². The molecule has 4 rings (SSSR count). The second-order valence-electron chi connectivity index (χ2n) is 6.62. The maximum Gasteiger partial charge on any atom is 0.270 e. The number of hydrogen-bond acceptors (Lipinski definition) is 6. The Morgan fingerprint density at radius 2 is 1.90 bits per heavy atom. The van der Waals surface area contributed by atoms with Crippen molar-refractivity contribution >= 4 is 40.9 Å². The number of rotatable bonds is 3. The number of ether oxygens (including phenoxy) is 3. The third-order valence-corrected chi connectivity index (χ3v) is 5.23. The monoisotopic (exact) mass is 410 g/mol. The summed E-state index contributed by atoms with van der Waals surface area (Å²) in [6.45, 7) is 3.96. The molecule has 0 aliphatic carbocycles. The fourth-order valence-corrected chi connectivity index (χ4v) is 3.51. The molecule has 2 aliphatic rings. The van der Waals surface area contributed by atoms with Crippen LogP contribution in [0.15, 0.2) is 35.9 Å². The van der Waals surface area contributed by atoms with Gasteiger partial charge in [0.2, 0.25) is 6.79 Å². The van der Waals surface area contributed by atoms with E-state index in [1.54, 1.807) is 18.2 Å². The molecule has 2 aromatic carbocycles. The first kappa shape index (κ1) is 18.9. The predicted molar refractivity (Wildman–Crippen MR) is 111 cm³/mol. The number of carbonyl (C=O) groups excluding carboxylic acids is 2. The summed E-state index contributed by atoms with van der Waals surface area (Å²) in [4.78, 5) is 27.2. The first-order chi connectivity index (χ1) is 13.9. The Hall–Kier alpha value is -3.39. The normalized spacial score (nSPS) is 17.0. The molecule has 0 bridgehead atoms. The number of aryl methyl sites for hydroxylation is 1. The van der Waals surface area contributed by atoms with Crippen molar-refractivity contribution in [1.82, 2.24) is 5.32 Å². The zero-order valence-electron chi connectivity index (χ0n) is 16.1. The van der Waals surface area contributed by atoms with E-state index in [-0.39, 0.29) is 17.5 Å². The lowest BCUT2D eigenvalue weighted by atomic mass is 10.0. The number of thiocarbonyl (C=S) groups is 1. The van der Waals surface area contributed by atoms with Gasteiger partial charge in [0.25, 0.3) is 11.8 Å². The van der Waals surface area contributed by atoms with Crippen molar-refractivity contribution in [2.24, 2.45) is 0 Å². The van der Waals surface area contributed by atoms with Gasteiger partial charge in [-0.25, -0.2) is 0 Å². The van der Waals surface area contributed by atoms with Gasteiger partial charge in [-0.15, -0.1) is 0 Å². The Balaban J connectivity index is 1.80. The highest BCUT2D eigenvalue weighted by atomic mass is 32.1. The zero-order valence-corrected chi connectivity index (χ0v) is 16.9. The lowest BCUT2D eigenvalue weighted by Gasteiger charge is -2.30. The van der Waals surface area contributed by atoms with Crippen molar-refractivity contribution in [2.45, 2.75) is 13.8 Å². The Bertz CT molecular complexity index is 1090. The Kier molecular flexibility index (Phi) is 4.71. The molecule has 2 aromatic rings. The van der Waals surface area contributed by atoms with Crippen LogP contribution in [0, 0.1) is 13.8 Å². The Labute approximate surface area is 172 Å². The molecule has 1 saturated heterocycles. The number of anilines is 1. The molecule has 1 N–H and O–H groups in total. The molecular weight excluding hydrogens is 392 g/mol. The van der Waals surface area contributed by atoms with Crippen LogP contribution in [-0.4, -0.2) is 30.8 Å². The van der Waals surface area contributed by atoms with E-state index in [4.69, 9.17) is 26.4 Å². The standard InChI is InChI=1S/C21H18N2O5S/c1-11-5-4-6-15(12(11)2)23-20(25)14(19(24)22-21(23)29)7-13-8-17-18(28-10-27-17)9-16(13)26-3/h4-9H,10H2,1-3H3,(H,22,24,29)/b14-7+. The number of fused-ring (bicyclic) bond motifs is 1. The maximum absolute atomic E-state index is 13.3. The molecule has 0 saturated carbocycles. The Morgan fingerprint density at radius 3 is 2.62 bits per heavy atom. The van der Waals surface area contributed by atoms with Gasteiger partial charge in [-0.1, -0.05) is 12.1 Å². The van der Waals surface area contributed by atoms with Crippen molar-refractivity contribution in [2.75, 3.05) is 18.8 Å². The van der Waals surface area contributed by atoms with Crippen LogP contribution >= 0.6 is 12.2 Å². The third-order valence-electron chi connectivity index (χ3n) is 4.94. The SMILES string of the molecule is COc1cc2c(cc1/C=C1\C(=O)NC(=S)N(c3cccc(C)c3C)C1=O)OCO2. The second kappa shape index (κ2) is 7.21. The summed E-state index contributed by atoms with van der Waals surface area (Å²) in [7, 11) is 1.50. The molecular formula is C21H18N2O5S. The van der Waals surface area contributed by atoms with Crippen LogP contribution in [0.5, 0.6) is 17.2 Å². The molecule has 2 amide bonds. The van der Waals surface area contributed by atoms with Crippen molar-refractivity contribution in [3.63, 3.8) is 0 Å². The average Bonchev–Trinajstić information content (AvgIpc) is 3.14. The highest BCUT2D eigenvalue weighted by Crippen LogP contribution is 2.39. The number of benzene rings is 2. The van der Waals surface area contributed by atoms with Crippen LogP contribution in [0.1, 0.15) is 16.7 Å². The van der Waals surface area contributed by atoms with Crippen LogP contribution in [0.4, 0.5) is 5.69 Å². The van der Waals surface area contributed by atoms with Crippen molar-refractivity contribution in [1.29, 1.82) is 0 Å². The fraction of sp³-hybridized carbons (Fsp3) is 0.190. The quantitative estimate of drug-likeness (QED) is 0.476. The largest absolute Gasteiger partial charge is 0.496 e. The van der Waals surface area contributed by atoms with E-state index in [1.807, 2.05) is 26.0 Å². The topological polar surface area (TPSA) is 77.1 Å². The number of hydrogen-bond donors (Lipinski definition) is 1. The minimum atomic E-state index is -0.568. The molecule has 2 aliphatic heterocycles. The van der Waals surface area contributed by atoms with E-state index in [0.717, 1.165) is 11.1 Å². The number of carbonyl (C=O) groups is 2. The van der Waals surface area contributed by atoms with Crippen LogP contribution in [0.2, 0.25) is 0 Å². The molecule has 148 valence electrons. The molecule has 0 atom stereocenters. The van der Waals surface area contributed by atoms with Gasteiger partial charge >= 0.3 is 0 Å². The molecule has 29 heavy (non-hydrogen) atoms. The lowest BCUT2D eigenvalue weighted by Crippen LogP contribution is -2.54. The highest BCUT2D eigenvalue weighted by Gasteiger charge is 2.35. The minimum Gasteiger partial charge on any atom is -0.496 e. The smallest absolute Gasteiger partial charge is 0.270 e. The third kappa shape index (κ3) is 3.21. The molecule has 0 unspecified atom stereocenters. The molecule has 8 heteroatoms. The van der Waals surface area contributed by atoms with E-state index in [0.29, 0.717) is 28.5 Å². The lowest BCUT2D eigenvalue weighted by molar-refractivity contribution is -0.122. The summed E-state index contributed by atoms with van der Waals surface area (Å²) in [5, 5.41) is 2.64. The summed E-state index contributed by atoms with van der Waals surface area (Å²) in [6.07, 6.45) is 1.47. The fourth-order valence-electron chi connectivity index (χ4n) is 3.24. The summed E-state index contributed by atoms with van der Waals surface area (Å²) in [5.74, 6) is 0.437. The number of amides is 2. The predicted octanol–water partition coefficient (Wildman–Crippen LogP) is 2.87. The van der Waals surface area contributed by atoms with Gasteiger partial charge in [0.1, 0.15) is 11.3 Å². The van der Waals surface area contributed by atoms with E-state index in [9.17, 15) is 9.59 Å². The van der Waals surface area contributed by atoms with Crippen LogP contribution in [-0.2, 0) is 9.59 Å². The van der Waals surface area contributed by atoms with Gasteiger partial charge in [0, 0.05) is 11.6 Å².